The number of nitrogens with one attached hydrogen (secondary N) is 2. The van der Waals surface area contributed by atoms with Crippen LogP contribution in [-0.2, 0) is 6.67 Å². The van der Waals surface area contributed by atoms with Crippen molar-refractivity contribution in [3.05, 3.63) is 54.2 Å². The fraction of sp³-hybridized carbons (Fsp3) is 0.250. The van der Waals surface area contributed by atoms with E-state index in [4.69, 9.17) is 0 Å². The first-order chi connectivity index (χ1) is 10.6. The number of nitrogens with zero attached hydrogens (tertiary/aromatic N) is 3. The molecule has 3 rings (SSSR count). The lowest BCUT2D eigenvalue weighted by Gasteiger charge is -2.27. The van der Waals surface area contributed by atoms with Crippen molar-refractivity contribution in [3.63, 3.8) is 0 Å². The number of rotatable bonds is 4. The summed E-state index contributed by atoms with van der Waals surface area (Å²) in [6.07, 6.45) is 5.59. The van der Waals surface area contributed by atoms with Crippen molar-refractivity contribution in [2.24, 2.45) is 0 Å². The molecule has 2 heterocycles. The van der Waals surface area contributed by atoms with Crippen LogP contribution in [0.25, 0.3) is 6.08 Å². The number of benzene rings is 1. The molecule has 22 heavy (non-hydrogen) atoms. The fourth-order valence-electron chi connectivity index (χ4n) is 2.29. The molecule has 1 aliphatic rings. The van der Waals surface area contributed by atoms with Gasteiger partial charge in [0.2, 0.25) is 0 Å². The predicted octanol–water partition coefficient (Wildman–Crippen LogP) is 2.29. The van der Waals surface area contributed by atoms with Crippen LogP contribution < -0.4 is 10.7 Å². The van der Waals surface area contributed by atoms with E-state index < -0.39 is 0 Å². The normalized spacial score (nSPS) is 13.3. The topological polar surface area (TPSA) is 62.2 Å². The number of para-hydroxylation sites is 1. The average Bonchev–Trinajstić information content (AvgIpc) is 2.91. The van der Waals surface area contributed by atoms with Crippen molar-refractivity contribution in [2.45, 2.75) is 26.6 Å². The summed E-state index contributed by atoms with van der Waals surface area (Å²) in [5, 5.41) is 4.81. The first-order valence-corrected chi connectivity index (χ1v) is 7.26. The van der Waals surface area contributed by atoms with Gasteiger partial charge in [-0.15, -0.1) is 0 Å². The smallest absolute Gasteiger partial charge is 0.275 e. The molecule has 2 N–H and O–H groups in total. The van der Waals surface area contributed by atoms with E-state index >= 15 is 0 Å². The van der Waals surface area contributed by atoms with Gasteiger partial charge in [0.25, 0.3) is 5.91 Å². The van der Waals surface area contributed by atoms with Gasteiger partial charge in [-0.05, 0) is 32.1 Å². The van der Waals surface area contributed by atoms with Gasteiger partial charge in [0.15, 0.2) is 0 Å². The van der Waals surface area contributed by atoms with E-state index in [1.165, 1.54) is 0 Å². The van der Waals surface area contributed by atoms with Crippen LogP contribution >= 0.6 is 0 Å². The molecule has 1 aliphatic heterocycles. The summed E-state index contributed by atoms with van der Waals surface area (Å²) >= 11 is 0. The van der Waals surface area contributed by atoms with E-state index in [0.717, 1.165) is 11.5 Å². The molecule has 0 saturated carbocycles. The van der Waals surface area contributed by atoms with E-state index in [0.29, 0.717) is 18.4 Å². The second kappa shape index (κ2) is 6.03. The molecule has 1 aromatic heterocycles. The van der Waals surface area contributed by atoms with Gasteiger partial charge in [-0.25, -0.2) is 10.4 Å². The quantitative estimate of drug-likeness (QED) is 0.909. The molecular formula is C16H19N5O. The summed E-state index contributed by atoms with van der Waals surface area (Å²) in [5.74, 6) is 0.574. The summed E-state index contributed by atoms with van der Waals surface area (Å²) in [6.45, 7) is 4.78. The Kier molecular flexibility index (Phi) is 3.93. The third kappa shape index (κ3) is 3.17. The minimum Gasteiger partial charge on any atom is -0.321 e. The highest BCUT2D eigenvalue weighted by atomic mass is 16.1. The molecule has 0 atom stereocenters. The van der Waals surface area contributed by atoms with E-state index in [1.807, 2.05) is 52.2 Å². The highest BCUT2D eigenvalue weighted by Crippen LogP contribution is 2.14. The number of amides is 1. The number of anilines is 1. The molecule has 0 fully saturated rings. The zero-order chi connectivity index (χ0) is 15.5. The van der Waals surface area contributed by atoms with Crippen LogP contribution in [-0.4, -0.2) is 26.5 Å². The van der Waals surface area contributed by atoms with Gasteiger partial charge in [0, 0.05) is 24.1 Å². The third-order valence-electron chi connectivity index (χ3n) is 3.20. The third-order valence-corrected chi connectivity index (χ3v) is 3.20. The molecule has 114 valence electrons. The Morgan fingerprint density at radius 1 is 1.27 bits per heavy atom. The summed E-state index contributed by atoms with van der Waals surface area (Å²) in [5.41, 5.74) is 4.47. The summed E-state index contributed by atoms with van der Waals surface area (Å²) in [6, 6.07) is 9.71. The van der Waals surface area contributed by atoms with Crippen LogP contribution in [0, 0.1) is 0 Å². The maximum absolute atomic E-state index is 12.3. The summed E-state index contributed by atoms with van der Waals surface area (Å²) in [7, 11) is 0. The van der Waals surface area contributed by atoms with Gasteiger partial charge < -0.3 is 9.88 Å². The minimum absolute atomic E-state index is 0.204. The van der Waals surface area contributed by atoms with E-state index in [9.17, 15) is 4.79 Å². The number of aromatic nitrogens is 2. The van der Waals surface area contributed by atoms with Gasteiger partial charge in [-0.1, -0.05) is 18.2 Å². The number of hydrazine groups is 1. The molecule has 0 unspecified atom stereocenters. The van der Waals surface area contributed by atoms with Gasteiger partial charge in [-0.3, -0.25) is 9.80 Å². The monoisotopic (exact) mass is 297 g/mol. The summed E-state index contributed by atoms with van der Waals surface area (Å²) in [4.78, 5) is 16.6. The van der Waals surface area contributed by atoms with Crippen molar-refractivity contribution in [2.75, 3.05) is 5.32 Å². The van der Waals surface area contributed by atoms with E-state index in [1.54, 1.807) is 6.20 Å². The number of imidazole rings is 1. The Bertz CT molecular complexity index is 690. The molecular weight excluding hydrogens is 278 g/mol. The first kappa shape index (κ1) is 14.3. The number of carbonyl (C=O) groups is 1. The Labute approximate surface area is 129 Å². The summed E-state index contributed by atoms with van der Waals surface area (Å²) < 4.78 is 1.94. The number of hydrogen-bond acceptors (Lipinski definition) is 4. The largest absolute Gasteiger partial charge is 0.321 e. The second-order valence-electron chi connectivity index (χ2n) is 5.49. The Morgan fingerprint density at radius 2 is 2.05 bits per heavy atom. The molecule has 6 nitrogen and oxygen atoms in total. The standard InChI is InChI=1S/C16H19N5O/c1-12(2)19-21-9-8-15-18-14(10-20(15)11-21)16(22)17-13-6-4-3-5-7-13/h3-10,12,19H,11H2,1-2H3,(H,17,22). The Balaban J connectivity index is 1.72. The number of fused-ring (bicyclic) bond motifs is 1. The molecule has 1 amide bonds. The van der Waals surface area contributed by atoms with Gasteiger partial charge >= 0.3 is 0 Å². The zero-order valence-electron chi connectivity index (χ0n) is 12.7. The fourth-order valence-corrected chi connectivity index (χ4v) is 2.29. The second-order valence-corrected chi connectivity index (χ2v) is 5.49. The number of hydrogen-bond donors (Lipinski definition) is 2. The van der Waals surface area contributed by atoms with Crippen LogP contribution in [0.1, 0.15) is 30.2 Å². The molecule has 0 radical (unpaired) electrons. The minimum atomic E-state index is -0.204. The van der Waals surface area contributed by atoms with Crippen molar-refractivity contribution < 1.29 is 4.79 Å². The van der Waals surface area contributed by atoms with Gasteiger partial charge in [0.05, 0.1) is 0 Å². The van der Waals surface area contributed by atoms with Crippen LogP contribution in [0.4, 0.5) is 5.69 Å². The highest BCUT2D eigenvalue weighted by Gasteiger charge is 2.17. The van der Waals surface area contributed by atoms with Crippen molar-refractivity contribution in [1.29, 1.82) is 0 Å². The van der Waals surface area contributed by atoms with E-state index in [2.05, 4.69) is 29.6 Å². The average molecular weight is 297 g/mol. The van der Waals surface area contributed by atoms with Crippen molar-refractivity contribution in [1.82, 2.24) is 20.0 Å². The lowest BCUT2D eigenvalue weighted by molar-refractivity contribution is 0.102. The maximum Gasteiger partial charge on any atom is 0.275 e. The SMILES string of the molecule is CC(C)NN1C=Cc2nc(C(=O)Nc3ccccc3)cn2C1. The highest BCUT2D eigenvalue weighted by molar-refractivity contribution is 6.02. The molecule has 1 aromatic carbocycles. The Morgan fingerprint density at radius 3 is 2.77 bits per heavy atom. The lowest BCUT2D eigenvalue weighted by Crippen LogP contribution is -2.40. The van der Waals surface area contributed by atoms with Crippen LogP contribution in [0.5, 0.6) is 0 Å². The maximum atomic E-state index is 12.3. The van der Waals surface area contributed by atoms with Crippen LogP contribution in [0.15, 0.2) is 42.7 Å². The van der Waals surface area contributed by atoms with Gasteiger partial charge in [-0.2, -0.15) is 0 Å². The van der Waals surface area contributed by atoms with Crippen LogP contribution in [0.3, 0.4) is 0 Å². The predicted molar refractivity (Wildman–Crippen MR) is 85.8 cm³/mol. The molecule has 0 spiro atoms. The molecule has 0 bridgehead atoms. The lowest BCUT2D eigenvalue weighted by atomic mass is 10.3. The molecule has 0 aliphatic carbocycles. The van der Waals surface area contributed by atoms with E-state index in [-0.39, 0.29) is 5.91 Å². The molecule has 6 heteroatoms. The Hall–Kier alpha value is -2.60. The van der Waals surface area contributed by atoms with Crippen LogP contribution in [0.2, 0.25) is 0 Å². The molecule has 0 saturated heterocycles. The zero-order valence-corrected chi connectivity index (χ0v) is 12.7. The van der Waals surface area contributed by atoms with Crippen molar-refractivity contribution in [3.8, 4) is 0 Å². The molecule has 2 aromatic rings. The first-order valence-electron chi connectivity index (χ1n) is 7.26. The van der Waals surface area contributed by atoms with Crippen molar-refractivity contribution >= 4 is 17.7 Å². The number of carbonyl (C=O) groups excluding carboxylic acids is 1. The van der Waals surface area contributed by atoms with Gasteiger partial charge in [0.1, 0.15) is 18.2 Å².